The number of carboxylic acid groups (broad SMARTS) is 1. The van der Waals surface area contributed by atoms with Crippen LogP contribution in [-0.4, -0.2) is 25.8 Å². The zero-order valence-electron chi connectivity index (χ0n) is 11.0. The van der Waals surface area contributed by atoms with Crippen LogP contribution in [0, 0.1) is 22.9 Å². The Hall–Kier alpha value is -2.42. The molecular weight excluding hydrogens is 301 g/mol. The Labute approximate surface area is 122 Å². The predicted molar refractivity (Wildman–Crippen MR) is 72.1 cm³/mol. The van der Waals surface area contributed by atoms with Crippen LogP contribution >= 0.6 is 11.8 Å². The first kappa shape index (κ1) is 15.0. The van der Waals surface area contributed by atoms with Gasteiger partial charge in [-0.25, -0.2) is 9.18 Å². The van der Waals surface area contributed by atoms with Gasteiger partial charge in [0, 0.05) is 11.9 Å². The maximum Gasteiger partial charge on any atom is 0.338 e. The van der Waals surface area contributed by atoms with Crippen molar-refractivity contribution in [3.63, 3.8) is 0 Å². The molecule has 7 nitrogen and oxygen atoms in total. The number of carboxylic acids is 1. The van der Waals surface area contributed by atoms with Crippen LogP contribution in [0.5, 0.6) is 0 Å². The van der Waals surface area contributed by atoms with Crippen molar-refractivity contribution in [2.75, 3.05) is 0 Å². The lowest BCUT2D eigenvalue weighted by molar-refractivity contribution is -0.388. The summed E-state index contributed by atoms with van der Waals surface area (Å²) < 4.78 is 14.7. The van der Waals surface area contributed by atoms with Crippen LogP contribution in [0.4, 0.5) is 10.1 Å². The van der Waals surface area contributed by atoms with E-state index in [1.807, 2.05) is 0 Å². The zero-order chi connectivity index (χ0) is 15.7. The quantitative estimate of drug-likeness (QED) is 0.688. The van der Waals surface area contributed by atoms with Crippen LogP contribution in [0.25, 0.3) is 0 Å². The van der Waals surface area contributed by atoms with Gasteiger partial charge in [0.15, 0.2) is 5.03 Å². The van der Waals surface area contributed by atoms with Crippen molar-refractivity contribution < 1.29 is 19.2 Å². The molecule has 1 aromatic heterocycles. The fraction of sp³-hybridized carbons (Fsp3) is 0.167. The topological polar surface area (TPSA) is 98.3 Å². The van der Waals surface area contributed by atoms with Gasteiger partial charge in [0.1, 0.15) is 11.5 Å². The van der Waals surface area contributed by atoms with E-state index >= 15 is 0 Å². The summed E-state index contributed by atoms with van der Waals surface area (Å²) in [5.74, 6) is -2.26. The standard InChI is InChI=1S/C12H10FN3O4S/c1-6-10(16(19)20)11(15(2)14-6)21-7-3-4-9(13)8(5-7)12(17)18/h3-5H,1-2H3,(H,17,18). The number of nitro groups is 1. The number of rotatable bonds is 4. The third-order valence-corrected chi connectivity index (χ3v) is 3.85. The van der Waals surface area contributed by atoms with Crippen molar-refractivity contribution in [2.45, 2.75) is 16.8 Å². The van der Waals surface area contributed by atoms with E-state index in [1.165, 1.54) is 17.7 Å². The molecule has 9 heteroatoms. The fourth-order valence-corrected chi connectivity index (χ4v) is 2.82. The minimum atomic E-state index is -1.40. The number of nitrogens with zero attached hydrogens (tertiary/aromatic N) is 3. The largest absolute Gasteiger partial charge is 0.478 e. The van der Waals surface area contributed by atoms with E-state index in [4.69, 9.17) is 5.11 Å². The summed E-state index contributed by atoms with van der Waals surface area (Å²) in [6.45, 7) is 1.51. The number of carbonyl (C=O) groups is 1. The molecule has 0 unspecified atom stereocenters. The molecule has 0 amide bonds. The van der Waals surface area contributed by atoms with Crippen molar-refractivity contribution in [1.82, 2.24) is 9.78 Å². The molecule has 0 atom stereocenters. The number of hydrogen-bond acceptors (Lipinski definition) is 5. The lowest BCUT2D eigenvalue weighted by Gasteiger charge is -2.04. The van der Waals surface area contributed by atoms with Crippen molar-refractivity contribution in [2.24, 2.45) is 7.05 Å². The fourth-order valence-electron chi connectivity index (χ4n) is 1.79. The SMILES string of the molecule is Cc1nn(C)c(Sc2ccc(F)c(C(=O)O)c2)c1[N+](=O)[O-]. The average molecular weight is 311 g/mol. The first-order valence-corrected chi connectivity index (χ1v) is 6.51. The van der Waals surface area contributed by atoms with Gasteiger partial charge in [-0.05, 0) is 25.1 Å². The van der Waals surface area contributed by atoms with Gasteiger partial charge in [0.2, 0.25) is 0 Å². The molecule has 2 rings (SSSR count). The second-order valence-electron chi connectivity index (χ2n) is 4.17. The molecule has 0 aliphatic carbocycles. The highest BCUT2D eigenvalue weighted by molar-refractivity contribution is 7.99. The van der Waals surface area contributed by atoms with Crippen LogP contribution in [0.15, 0.2) is 28.1 Å². The number of aryl methyl sites for hydroxylation is 2. The third-order valence-electron chi connectivity index (χ3n) is 2.70. The molecule has 1 N–H and O–H groups in total. The summed E-state index contributed by atoms with van der Waals surface area (Å²) >= 11 is 0.959. The Morgan fingerprint density at radius 1 is 1.52 bits per heavy atom. The lowest BCUT2D eigenvalue weighted by atomic mass is 10.2. The van der Waals surface area contributed by atoms with Crippen LogP contribution in [0.2, 0.25) is 0 Å². The molecule has 0 saturated carbocycles. The van der Waals surface area contributed by atoms with Gasteiger partial charge < -0.3 is 5.11 Å². The molecule has 2 aromatic rings. The van der Waals surface area contributed by atoms with Gasteiger partial charge in [0.25, 0.3) is 0 Å². The Bertz CT molecular complexity index is 744. The van der Waals surface area contributed by atoms with Crippen molar-refractivity contribution in [3.8, 4) is 0 Å². The summed E-state index contributed by atoms with van der Waals surface area (Å²) in [5.41, 5.74) is -0.379. The van der Waals surface area contributed by atoms with E-state index in [0.717, 1.165) is 23.9 Å². The van der Waals surface area contributed by atoms with Crippen LogP contribution < -0.4 is 0 Å². The minimum Gasteiger partial charge on any atom is -0.478 e. The molecule has 0 bridgehead atoms. The number of aromatic carboxylic acids is 1. The van der Waals surface area contributed by atoms with E-state index in [2.05, 4.69) is 5.10 Å². The maximum absolute atomic E-state index is 13.3. The van der Waals surface area contributed by atoms with E-state index < -0.39 is 22.3 Å². The summed E-state index contributed by atoms with van der Waals surface area (Å²) in [4.78, 5) is 21.8. The van der Waals surface area contributed by atoms with E-state index in [0.29, 0.717) is 4.90 Å². The summed E-state index contributed by atoms with van der Waals surface area (Å²) in [7, 11) is 1.55. The average Bonchev–Trinajstić information content (AvgIpc) is 2.66. The van der Waals surface area contributed by atoms with Crippen molar-refractivity contribution in [3.05, 3.63) is 45.4 Å². The second-order valence-corrected chi connectivity index (χ2v) is 5.23. The molecule has 1 aromatic carbocycles. The van der Waals surface area contributed by atoms with Gasteiger partial charge in [-0.1, -0.05) is 11.8 Å². The molecular formula is C12H10FN3O4S. The second kappa shape index (κ2) is 5.52. The maximum atomic E-state index is 13.3. The number of aromatic nitrogens is 2. The normalized spacial score (nSPS) is 10.6. The minimum absolute atomic E-state index is 0.149. The van der Waals surface area contributed by atoms with Gasteiger partial charge in [-0.2, -0.15) is 5.10 Å². The highest BCUT2D eigenvalue weighted by Gasteiger charge is 2.25. The summed E-state index contributed by atoms with van der Waals surface area (Å²) in [6.07, 6.45) is 0. The Morgan fingerprint density at radius 3 is 2.76 bits per heavy atom. The molecule has 21 heavy (non-hydrogen) atoms. The predicted octanol–water partition coefficient (Wildman–Crippen LogP) is 2.63. The molecule has 1 heterocycles. The van der Waals surface area contributed by atoms with E-state index in [-0.39, 0.29) is 16.4 Å². The smallest absolute Gasteiger partial charge is 0.338 e. The first-order valence-electron chi connectivity index (χ1n) is 5.70. The van der Waals surface area contributed by atoms with Gasteiger partial charge >= 0.3 is 11.7 Å². The molecule has 0 saturated heterocycles. The lowest BCUT2D eigenvalue weighted by Crippen LogP contribution is -2.00. The van der Waals surface area contributed by atoms with Crippen LogP contribution in [-0.2, 0) is 7.05 Å². The number of hydrogen-bond donors (Lipinski definition) is 1. The molecule has 110 valence electrons. The van der Waals surface area contributed by atoms with Gasteiger partial charge in [-0.3, -0.25) is 14.8 Å². The molecule has 0 aliphatic heterocycles. The Kier molecular flexibility index (Phi) is 3.94. The van der Waals surface area contributed by atoms with Crippen LogP contribution in [0.1, 0.15) is 16.1 Å². The number of benzene rings is 1. The summed E-state index contributed by atoms with van der Waals surface area (Å²) in [5, 5.41) is 24.2. The molecule has 0 radical (unpaired) electrons. The van der Waals surface area contributed by atoms with E-state index in [9.17, 15) is 19.3 Å². The van der Waals surface area contributed by atoms with Gasteiger partial charge in [-0.15, -0.1) is 0 Å². The van der Waals surface area contributed by atoms with Gasteiger partial charge in [0.05, 0.1) is 10.5 Å². The highest BCUT2D eigenvalue weighted by atomic mass is 32.2. The Morgan fingerprint density at radius 2 is 2.19 bits per heavy atom. The molecule has 0 fully saturated rings. The first-order chi connectivity index (χ1) is 9.81. The van der Waals surface area contributed by atoms with Crippen LogP contribution in [0.3, 0.4) is 0 Å². The summed E-state index contributed by atoms with van der Waals surface area (Å²) in [6, 6.07) is 3.51. The molecule has 0 spiro atoms. The van der Waals surface area contributed by atoms with Crippen molar-refractivity contribution >= 4 is 23.4 Å². The third kappa shape index (κ3) is 2.87. The monoisotopic (exact) mass is 311 g/mol. The Balaban J connectivity index is 2.46. The highest BCUT2D eigenvalue weighted by Crippen LogP contribution is 2.36. The zero-order valence-corrected chi connectivity index (χ0v) is 11.8. The van der Waals surface area contributed by atoms with E-state index in [1.54, 1.807) is 7.05 Å². The van der Waals surface area contributed by atoms with Crippen molar-refractivity contribution in [1.29, 1.82) is 0 Å². The number of halogens is 1. The molecule has 0 aliphatic rings.